The summed E-state index contributed by atoms with van der Waals surface area (Å²) in [6.45, 7) is 4.85. The summed E-state index contributed by atoms with van der Waals surface area (Å²) in [6.07, 6.45) is 5.67. The lowest BCUT2D eigenvalue weighted by molar-refractivity contribution is 0.146. The minimum Gasteiger partial charge on any atom is -0.336 e. The molecule has 1 aromatic carbocycles. The van der Waals surface area contributed by atoms with Crippen LogP contribution in [-0.4, -0.2) is 39.3 Å². The van der Waals surface area contributed by atoms with Crippen molar-refractivity contribution in [3.63, 3.8) is 0 Å². The molecule has 1 atom stereocenters. The van der Waals surface area contributed by atoms with Crippen LogP contribution in [0.3, 0.4) is 0 Å². The van der Waals surface area contributed by atoms with E-state index >= 15 is 0 Å². The molecule has 6 nitrogen and oxygen atoms in total. The van der Waals surface area contributed by atoms with E-state index in [0.717, 1.165) is 25.9 Å². The van der Waals surface area contributed by atoms with Crippen LogP contribution in [0.25, 0.3) is 0 Å². The Bertz CT molecular complexity index is 684. The molecule has 0 aliphatic carbocycles. The predicted octanol–water partition coefficient (Wildman–Crippen LogP) is 2.60. The van der Waals surface area contributed by atoms with E-state index in [1.54, 1.807) is 17.1 Å². The maximum atomic E-state index is 12.1. The molecule has 128 valence electrons. The fourth-order valence-electron chi connectivity index (χ4n) is 3.28. The Balaban J connectivity index is 1.55. The zero-order chi connectivity index (χ0) is 17.0. The number of nitrogens with zero attached hydrogens (tertiary/aromatic N) is 3. The number of hydrogen-bond donors (Lipinski definition) is 2. The summed E-state index contributed by atoms with van der Waals surface area (Å²) in [5, 5.41) is 9.87. The SMILES string of the molecule is Cn1cc(NC(=O)NCC2(C)CCCN2Cc2ccccc2)cn1. The van der Waals surface area contributed by atoms with Gasteiger partial charge < -0.3 is 10.6 Å². The van der Waals surface area contributed by atoms with Gasteiger partial charge in [-0.1, -0.05) is 30.3 Å². The number of hydrogen-bond acceptors (Lipinski definition) is 3. The molecule has 1 saturated heterocycles. The van der Waals surface area contributed by atoms with Crippen molar-refractivity contribution in [1.82, 2.24) is 20.0 Å². The molecular formula is C18H25N5O. The average molecular weight is 327 g/mol. The van der Waals surface area contributed by atoms with Crippen molar-refractivity contribution in [3.8, 4) is 0 Å². The maximum Gasteiger partial charge on any atom is 0.319 e. The van der Waals surface area contributed by atoms with Crippen LogP contribution in [-0.2, 0) is 13.6 Å². The highest BCUT2D eigenvalue weighted by molar-refractivity contribution is 5.88. The largest absolute Gasteiger partial charge is 0.336 e. The lowest BCUT2D eigenvalue weighted by atomic mass is 9.98. The van der Waals surface area contributed by atoms with Gasteiger partial charge in [-0.15, -0.1) is 0 Å². The number of benzene rings is 1. The first kappa shape index (κ1) is 16.5. The monoisotopic (exact) mass is 327 g/mol. The van der Waals surface area contributed by atoms with Gasteiger partial charge in [0.2, 0.25) is 0 Å². The summed E-state index contributed by atoms with van der Waals surface area (Å²) >= 11 is 0. The van der Waals surface area contributed by atoms with Crippen molar-refractivity contribution in [3.05, 3.63) is 48.3 Å². The van der Waals surface area contributed by atoms with Crippen molar-refractivity contribution < 1.29 is 4.79 Å². The Morgan fingerprint density at radius 3 is 2.83 bits per heavy atom. The molecule has 24 heavy (non-hydrogen) atoms. The van der Waals surface area contributed by atoms with Crippen LogP contribution in [0.4, 0.5) is 10.5 Å². The van der Waals surface area contributed by atoms with E-state index < -0.39 is 0 Å². The van der Waals surface area contributed by atoms with Crippen molar-refractivity contribution in [2.75, 3.05) is 18.4 Å². The van der Waals surface area contributed by atoms with E-state index in [0.29, 0.717) is 12.2 Å². The molecular weight excluding hydrogens is 302 g/mol. The van der Waals surface area contributed by atoms with Crippen LogP contribution >= 0.6 is 0 Å². The van der Waals surface area contributed by atoms with Crippen molar-refractivity contribution >= 4 is 11.7 Å². The van der Waals surface area contributed by atoms with Crippen molar-refractivity contribution in [2.45, 2.75) is 31.8 Å². The van der Waals surface area contributed by atoms with Crippen LogP contribution in [0.2, 0.25) is 0 Å². The number of carbonyl (C=O) groups excluding carboxylic acids is 1. The number of rotatable bonds is 5. The Kier molecular flexibility index (Phi) is 4.85. The van der Waals surface area contributed by atoms with Gasteiger partial charge in [-0.2, -0.15) is 5.10 Å². The molecule has 0 spiro atoms. The van der Waals surface area contributed by atoms with Gasteiger partial charge in [0.15, 0.2) is 0 Å². The smallest absolute Gasteiger partial charge is 0.319 e. The highest BCUT2D eigenvalue weighted by Crippen LogP contribution is 2.30. The highest BCUT2D eigenvalue weighted by atomic mass is 16.2. The fraction of sp³-hybridized carbons (Fsp3) is 0.444. The van der Waals surface area contributed by atoms with Gasteiger partial charge >= 0.3 is 6.03 Å². The summed E-state index contributed by atoms with van der Waals surface area (Å²) in [5.41, 5.74) is 2.00. The van der Waals surface area contributed by atoms with Gasteiger partial charge in [-0.3, -0.25) is 9.58 Å². The molecule has 6 heteroatoms. The Morgan fingerprint density at radius 2 is 2.12 bits per heavy atom. The number of nitrogens with one attached hydrogen (secondary N) is 2. The zero-order valence-electron chi connectivity index (χ0n) is 14.3. The van der Waals surface area contributed by atoms with E-state index in [9.17, 15) is 4.79 Å². The van der Waals surface area contributed by atoms with Gasteiger partial charge in [-0.05, 0) is 31.9 Å². The molecule has 0 radical (unpaired) electrons. The molecule has 2 N–H and O–H groups in total. The third-order valence-corrected chi connectivity index (χ3v) is 4.72. The molecule has 3 rings (SSSR count). The Morgan fingerprint density at radius 1 is 1.33 bits per heavy atom. The second-order valence-electron chi connectivity index (χ2n) is 6.72. The molecule has 1 fully saturated rings. The number of aromatic nitrogens is 2. The minimum atomic E-state index is -0.184. The van der Waals surface area contributed by atoms with Crippen LogP contribution in [0.5, 0.6) is 0 Å². The van der Waals surface area contributed by atoms with E-state index in [1.165, 1.54) is 5.56 Å². The normalized spacial score (nSPS) is 20.9. The predicted molar refractivity (Wildman–Crippen MR) is 94.7 cm³/mol. The molecule has 1 aromatic heterocycles. The van der Waals surface area contributed by atoms with Gasteiger partial charge in [-0.25, -0.2) is 4.79 Å². The fourth-order valence-corrected chi connectivity index (χ4v) is 3.28. The number of aryl methyl sites for hydroxylation is 1. The first-order valence-electron chi connectivity index (χ1n) is 8.38. The van der Waals surface area contributed by atoms with Crippen molar-refractivity contribution in [1.29, 1.82) is 0 Å². The van der Waals surface area contributed by atoms with Crippen LogP contribution < -0.4 is 10.6 Å². The van der Waals surface area contributed by atoms with Gasteiger partial charge in [0.05, 0.1) is 11.9 Å². The second-order valence-corrected chi connectivity index (χ2v) is 6.72. The lowest BCUT2D eigenvalue weighted by Crippen LogP contribution is -2.50. The Hall–Kier alpha value is -2.34. The highest BCUT2D eigenvalue weighted by Gasteiger charge is 2.36. The van der Waals surface area contributed by atoms with Crippen LogP contribution in [0.1, 0.15) is 25.3 Å². The summed E-state index contributed by atoms with van der Waals surface area (Å²) in [4.78, 5) is 14.6. The second kappa shape index (κ2) is 7.05. The number of carbonyl (C=O) groups is 1. The number of anilines is 1. The first-order valence-corrected chi connectivity index (χ1v) is 8.38. The van der Waals surface area contributed by atoms with Gasteiger partial charge in [0.25, 0.3) is 0 Å². The standard InChI is InChI=1S/C18H25N5O/c1-18(14-19-17(24)21-16-11-20-22(2)13-16)9-6-10-23(18)12-15-7-4-3-5-8-15/h3-5,7-8,11,13H,6,9-10,12,14H2,1-2H3,(H2,19,21,24). The summed E-state index contributed by atoms with van der Waals surface area (Å²) in [5.74, 6) is 0. The van der Waals surface area contributed by atoms with Crippen LogP contribution in [0, 0.1) is 0 Å². The molecule has 2 heterocycles. The first-order chi connectivity index (χ1) is 11.5. The average Bonchev–Trinajstić information content (AvgIpc) is 3.13. The summed E-state index contributed by atoms with van der Waals surface area (Å²) in [7, 11) is 1.82. The van der Waals surface area contributed by atoms with Crippen LogP contribution in [0.15, 0.2) is 42.7 Å². The maximum absolute atomic E-state index is 12.1. The molecule has 1 aliphatic rings. The topological polar surface area (TPSA) is 62.2 Å². The molecule has 0 bridgehead atoms. The molecule has 2 aromatic rings. The third kappa shape index (κ3) is 3.94. The number of likely N-dealkylation sites (tertiary alicyclic amines) is 1. The van der Waals surface area contributed by atoms with E-state index in [2.05, 4.69) is 51.8 Å². The Labute approximate surface area is 142 Å². The van der Waals surface area contributed by atoms with E-state index in [-0.39, 0.29) is 11.6 Å². The van der Waals surface area contributed by atoms with Gasteiger partial charge in [0.1, 0.15) is 0 Å². The molecule has 1 unspecified atom stereocenters. The van der Waals surface area contributed by atoms with Crippen molar-refractivity contribution in [2.24, 2.45) is 7.05 Å². The third-order valence-electron chi connectivity index (χ3n) is 4.72. The summed E-state index contributed by atoms with van der Waals surface area (Å²) < 4.78 is 1.66. The lowest BCUT2D eigenvalue weighted by Gasteiger charge is -2.35. The van der Waals surface area contributed by atoms with E-state index in [4.69, 9.17) is 0 Å². The summed E-state index contributed by atoms with van der Waals surface area (Å²) in [6, 6.07) is 10.3. The zero-order valence-corrected chi connectivity index (χ0v) is 14.3. The number of urea groups is 1. The molecule has 1 aliphatic heterocycles. The molecule has 0 saturated carbocycles. The molecule has 2 amide bonds. The quantitative estimate of drug-likeness (QED) is 0.887. The van der Waals surface area contributed by atoms with Gasteiger partial charge in [0, 0.05) is 31.9 Å². The minimum absolute atomic E-state index is 0.0118. The number of amides is 2. The van der Waals surface area contributed by atoms with E-state index in [1.807, 2.05) is 13.1 Å².